The van der Waals surface area contributed by atoms with E-state index in [4.69, 9.17) is 9.84 Å². The summed E-state index contributed by atoms with van der Waals surface area (Å²) >= 11 is 0. The number of hydrazone groups is 1. The van der Waals surface area contributed by atoms with Crippen LogP contribution in [0.4, 0.5) is 5.69 Å². The van der Waals surface area contributed by atoms with Crippen molar-refractivity contribution in [3.05, 3.63) is 59.2 Å². The number of ether oxygens (including phenoxy) is 1. The van der Waals surface area contributed by atoms with E-state index >= 15 is 0 Å². The van der Waals surface area contributed by atoms with Crippen LogP contribution in [0.3, 0.4) is 0 Å². The molecule has 0 fully saturated rings. The predicted octanol–water partition coefficient (Wildman–Crippen LogP) is 3.63. The Balaban J connectivity index is 1.75. The summed E-state index contributed by atoms with van der Waals surface area (Å²) in [6.07, 6.45) is 1.98. The van der Waals surface area contributed by atoms with Crippen LogP contribution in [0.2, 0.25) is 0 Å². The minimum absolute atomic E-state index is 0.0250. The summed E-state index contributed by atoms with van der Waals surface area (Å²) in [5, 5.41) is 6.44. The number of fused-ring (bicyclic) bond motifs is 3. The van der Waals surface area contributed by atoms with Gasteiger partial charge >= 0.3 is 0 Å². The minimum atomic E-state index is -0.0481. The molecule has 1 aliphatic heterocycles. The second-order valence-corrected chi connectivity index (χ2v) is 7.45. The van der Waals surface area contributed by atoms with Crippen LogP contribution in [0.5, 0.6) is 5.75 Å². The molecule has 0 aromatic heterocycles. The van der Waals surface area contributed by atoms with E-state index in [0.717, 1.165) is 41.1 Å². The molecule has 2 aromatic carbocycles. The average Bonchev–Trinajstić information content (AvgIpc) is 3.08. The third-order valence-electron chi connectivity index (χ3n) is 5.60. The molecule has 1 aliphatic carbocycles. The van der Waals surface area contributed by atoms with E-state index in [1.165, 1.54) is 5.56 Å². The van der Waals surface area contributed by atoms with Crippen LogP contribution >= 0.6 is 0 Å². The van der Waals surface area contributed by atoms with E-state index in [0.29, 0.717) is 0 Å². The molecule has 1 amide bonds. The average molecular weight is 363 g/mol. The molecule has 2 atom stereocenters. The van der Waals surface area contributed by atoms with Gasteiger partial charge in [0, 0.05) is 38.2 Å². The number of hydrogen-bond donors (Lipinski definition) is 0. The van der Waals surface area contributed by atoms with E-state index in [9.17, 15) is 4.79 Å². The van der Waals surface area contributed by atoms with Gasteiger partial charge in [0.1, 0.15) is 5.75 Å². The lowest BCUT2D eigenvalue weighted by Crippen LogP contribution is -2.31. The summed E-state index contributed by atoms with van der Waals surface area (Å²) in [4.78, 5) is 14.4. The summed E-state index contributed by atoms with van der Waals surface area (Å²) in [6.45, 7) is 1.59. The molecule has 0 saturated heterocycles. The molecular formula is C22H25N3O2. The van der Waals surface area contributed by atoms with Crippen LogP contribution in [0, 0.1) is 5.92 Å². The fourth-order valence-electron chi connectivity index (χ4n) is 4.18. The Kier molecular flexibility index (Phi) is 4.38. The minimum Gasteiger partial charge on any atom is -0.497 e. The Morgan fingerprint density at radius 2 is 1.93 bits per heavy atom. The fourth-order valence-corrected chi connectivity index (χ4v) is 4.18. The van der Waals surface area contributed by atoms with Gasteiger partial charge in [0.2, 0.25) is 5.91 Å². The van der Waals surface area contributed by atoms with Gasteiger partial charge in [0.15, 0.2) is 0 Å². The predicted molar refractivity (Wildman–Crippen MR) is 107 cm³/mol. The molecule has 2 aromatic rings. The van der Waals surface area contributed by atoms with Crippen LogP contribution in [-0.2, 0) is 11.2 Å². The lowest BCUT2D eigenvalue weighted by Gasteiger charge is -2.29. The smallest absolute Gasteiger partial charge is 0.240 e. The summed E-state index contributed by atoms with van der Waals surface area (Å²) in [5.41, 5.74) is 5.67. The molecule has 5 heteroatoms. The van der Waals surface area contributed by atoms with Crippen molar-refractivity contribution in [2.45, 2.75) is 25.8 Å². The van der Waals surface area contributed by atoms with Gasteiger partial charge in [0.05, 0.1) is 18.9 Å². The van der Waals surface area contributed by atoms with E-state index in [1.807, 2.05) is 20.2 Å². The van der Waals surface area contributed by atoms with E-state index in [-0.39, 0.29) is 17.9 Å². The number of nitrogens with zero attached hydrogens (tertiary/aromatic N) is 3. The SMILES string of the molecule is COc1ccc2c(c1)C1=NN(C(C)=O)[C@H](c3ccc(N(C)C)cc3)[C@H]1CC2. The first-order valence-electron chi connectivity index (χ1n) is 9.32. The largest absolute Gasteiger partial charge is 0.497 e. The molecule has 27 heavy (non-hydrogen) atoms. The summed E-state index contributed by atoms with van der Waals surface area (Å²) < 4.78 is 5.41. The third-order valence-corrected chi connectivity index (χ3v) is 5.60. The highest BCUT2D eigenvalue weighted by molar-refractivity contribution is 6.07. The summed E-state index contributed by atoms with van der Waals surface area (Å²) in [5.74, 6) is 1.01. The number of rotatable bonds is 3. The van der Waals surface area contributed by atoms with Gasteiger partial charge in [-0.1, -0.05) is 18.2 Å². The second kappa shape index (κ2) is 6.72. The Hall–Kier alpha value is -2.82. The van der Waals surface area contributed by atoms with Crippen molar-refractivity contribution in [2.24, 2.45) is 11.0 Å². The van der Waals surface area contributed by atoms with Gasteiger partial charge < -0.3 is 9.64 Å². The van der Waals surface area contributed by atoms with Crippen molar-refractivity contribution in [1.82, 2.24) is 5.01 Å². The number of benzene rings is 2. The summed E-state index contributed by atoms with van der Waals surface area (Å²) in [6, 6.07) is 14.6. The van der Waals surface area contributed by atoms with Crippen molar-refractivity contribution < 1.29 is 9.53 Å². The van der Waals surface area contributed by atoms with E-state index in [1.54, 1.807) is 19.0 Å². The third kappa shape index (κ3) is 2.97. The topological polar surface area (TPSA) is 45.1 Å². The monoisotopic (exact) mass is 363 g/mol. The van der Waals surface area contributed by atoms with Crippen molar-refractivity contribution >= 4 is 17.3 Å². The van der Waals surface area contributed by atoms with Gasteiger partial charge in [0.25, 0.3) is 0 Å². The zero-order valence-corrected chi connectivity index (χ0v) is 16.3. The molecule has 0 N–H and O–H groups in total. The van der Waals surface area contributed by atoms with Crippen LogP contribution < -0.4 is 9.64 Å². The van der Waals surface area contributed by atoms with Gasteiger partial charge in [-0.2, -0.15) is 5.10 Å². The van der Waals surface area contributed by atoms with E-state index < -0.39 is 0 Å². The van der Waals surface area contributed by atoms with E-state index in [2.05, 4.69) is 41.3 Å². The molecule has 0 radical (unpaired) electrons. The molecule has 0 spiro atoms. The van der Waals surface area contributed by atoms with Gasteiger partial charge in [-0.25, -0.2) is 5.01 Å². The van der Waals surface area contributed by atoms with Crippen molar-refractivity contribution in [1.29, 1.82) is 0 Å². The van der Waals surface area contributed by atoms with Crippen LogP contribution in [-0.4, -0.2) is 37.8 Å². The van der Waals surface area contributed by atoms with Crippen LogP contribution in [0.1, 0.15) is 36.1 Å². The highest BCUT2D eigenvalue weighted by Crippen LogP contribution is 2.44. The number of amides is 1. The Bertz CT molecular complexity index is 902. The number of hydrogen-bond acceptors (Lipinski definition) is 4. The normalized spacial score (nSPS) is 20.6. The molecule has 0 unspecified atom stereocenters. The van der Waals surface area contributed by atoms with Crippen molar-refractivity contribution in [3.63, 3.8) is 0 Å². The number of anilines is 1. The van der Waals surface area contributed by atoms with Crippen LogP contribution in [0.15, 0.2) is 47.6 Å². The van der Waals surface area contributed by atoms with Crippen molar-refractivity contribution in [2.75, 3.05) is 26.1 Å². The van der Waals surface area contributed by atoms with Crippen LogP contribution in [0.25, 0.3) is 0 Å². The van der Waals surface area contributed by atoms with Gasteiger partial charge in [-0.15, -0.1) is 0 Å². The fraction of sp³-hybridized carbons (Fsp3) is 0.364. The number of methoxy groups -OCH3 is 1. The first-order valence-corrected chi connectivity index (χ1v) is 9.32. The quantitative estimate of drug-likeness (QED) is 0.836. The number of aryl methyl sites for hydroxylation is 1. The zero-order valence-electron chi connectivity index (χ0n) is 16.3. The Labute approximate surface area is 160 Å². The van der Waals surface area contributed by atoms with Crippen molar-refractivity contribution in [3.8, 4) is 5.75 Å². The first kappa shape index (κ1) is 17.6. The van der Waals surface area contributed by atoms with Gasteiger partial charge in [-0.05, 0) is 48.2 Å². The Morgan fingerprint density at radius 1 is 1.19 bits per heavy atom. The Morgan fingerprint density at radius 3 is 2.56 bits per heavy atom. The molecule has 1 heterocycles. The highest BCUT2D eigenvalue weighted by atomic mass is 16.5. The molecule has 140 valence electrons. The second-order valence-electron chi connectivity index (χ2n) is 7.45. The number of carbonyl (C=O) groups is 1. The van der Waals surface area contributed by atoms with Gasteiger partial charge in [-0.3, -0.25) is 4.79 Å². The molecule has 0 bridgehead atoms. The molecular weight excluding hydrogens is 338 g/mol. The maximum atomic E-state index is 12.4. The standard InChI is InChI=1S/C22H25N3O2/c1-14(26)25-22(16-5-9-17(10-6-16)24(2)3)19-12-8-15-7-11-18(27-4)13-20(15)21(19)23-25/h5-7,9-11,13,19,22H,8,12H2,1-4H3/t19-,22+/m0/s1. The molecule has 5 nitrogen and oxygen atoms in total. The number of carbonyl (C=O) groups excluding carboxylic acids is 1. The molecule has 2 aliphatic rings. The molecule has 4 rings (SSSR count). The maximum Gasteiger partial charge on any atom is 0.240 e. The lowest BCUT2D eigenvalue weighted by molar-refractivity contribution is -0.131. The zero-order chi connectivity index (χ0) is 19.1. The lowest BCUT2D eigenvalue weighted by atomic mass is 9.77. The maximum absolute atomic E-state index is 12.4. The highest BCUT2D eigenvalue weighted by Gasteiger charge is 2.43. The molecule has 0 saturated carbocycles. The first-order chi connectivity index (χ1) is 13.0. The summed E-state index contributed by atoms with van der Waals surface area (Å²) in [7, 11) is 5.73.